The van der Waals surface area contributed by atoms with E-state index >= 15 is 0 Å². The first-order valence-electron chi connectivity index (χ1n) is 6.99. The number of fused-ring (bicyclic) bond motifs is 1. The van der Waals surface area contributed by atoms with E-state index in [0.29, 0.717) is 30.1 Å². The predicted octanol–water partition coefficient (Wildman–Crippen LogP) is 0.281. The van der Waals surface area contributed by atoms with Crippen molar-refractivity contribution in [1.82, 2.24) is 19.1 Å². The number of nitrogens with zero attached hydrogens (tertiary/aromatic N) is 3. The van der Waals surface area contributed by atoms with Crippen molar-refractivity contribution in [2.75, 3.05) is 11.9 Å². The van der Waals surface area contributed by atoms with Gasteiger partial charge in [0.1, 0.15) is 0 Å². The lowest BCUT2D eigenvalue weighted by molar-refractivity contribution is -0.137. The van der Waals surface area contributed by atoms with Crippen molar-refractivity contribution in [1.29, 1.82) is 0 Å². The van der Waals surface area contributed by atoms with Gasteiger partial charge < -0.3 is 15.0 Å². The molecule has 9 nitrogen and oxygen atoms in total. The van der Waals surface area contributed by atoms with Gasteiger partial charge in [-0.3, -0.25) is 19.1 Å². The lowest BCUT2D eigenvalue weighted by Gasteiger charge is -2.08. The molecule has 0 aliphatic carbocycles. The average molecular weight is 309 g/mol. The Balaban J connectivity index is 2.42. The van der Waals surface area contributed by atoms with E-state index in [9.17, 15) is 14.4 Å². The molecule has 2 heterocycles. The van der Waals surface area contributed by atoms with Gasteiger partial charge in [0.25, 0.3) is 5.56 Å². The molecule has 0 aromatic carbocycles. The van der Waals surface area contributed by atoms with Crippen LogP contribution in [-0.2, 0) is 11.8 Å². The van der Waals surface area contributed by atoms with Crippen LogP contribution >= 0.6 is 0 Å². The highest BCUT2D eigenvalue weighted by atomic mass is 16.4. The Labute approximate surface area is 125 Å². The molecule has 3 N–H and O–H groups in total. The Kier molecular flexibility index (Phi) is 4.34. The molecule has 0 saturated heterocycles. The van der Waals surface area contributed by atoms with E-state index in [2.05, 4.69) is 15.3 Å². The molecule has 0 radical (unpaired) electrons. The van der Waals surface area contributed by atoms with Crippen LogP contribution in [0.4, 0.5) is 5.95 Å². The SMILES string of the molecule is CC(C)n1c(=O)[nH]c(=O)c2c1nc(NCCCC(=O)O)n2C. The van der Waals surface area contributed by atoms with Crippen LogP contribution < -0.4 is 16.6 Å². The fourth-order valence-corrected chi connectivity index (χ4v) is 2.30. The van der Waals surface area contributed by atoms with E-state index in [4.69, 9.17) is 5.11 Å². The molecule has 0 aliphatic heterocycles. The zero-order valence-corrected chi connectivity index (χ0v) is 12.7. The first-order valence-corrected chi connectivity index (χ1v) is 6.99. The summed E-state index contributed by atoms with van der Waals surface area (Å²) in [6.45, 7) is 4.06. The van der Waals surface area contributed by atoms with Gasteiger partial charge in [-0.1, -0.05) is 0 Å². The maximum Gasteiger partial charge on any atom is 0.330 e. The van der Waals surface area contributed by atoms with Gasteiger partial charge in [-0.25, -0.2) is 4.79 Å². The second-order valence-electron chi connectivity index (χ2n) is 5.31. The lowest BCUT2D eigenvalue weighted by atomic mass is 10.3. The normalized spacial score (nSPS) is 11.3. The Morgan fingerprint density at radius 1 is 1.41 bits per heavy atom. The maximum absolute atomic E-state index is 12.0. The van der Waals surface area contributed by atoms with Crippen LogP contribution in [0.25, 0.3) is 11.2 Å². The molecule has 9 heteroatoms. The number of hydrogen-bond acceptors (Lipinski definition) is 5. The van der Waals surface area contributed by atoms with Crippen LogP contribution in [0, 0.1) is 0 Å². The lowest BCUT2D eigenvalue weighted by Crippen LogP contribution is -2.31. The monoisotopic (exact) mass is 309 g/mol. The van der Waals surface area contributed by atoms with Crippen LogP contribution in [0.15, 0.2) is 9.59 Å². The smallest absolute Gasteiger partial charge is 0.330 e. The highest BCUT2D eigenvalue weighted by Crippen LogP contribution is 2.16. The Hall–Kier alpha value is -2.58. The number of H-pyrrole nitrogens is 1. The topological polar surface area (TPSA) is 122 Å². The molecule has 2 rings (SSSR count). The number of aliphatic carboxylic acids is 1. The summed E-state index contributed by atoms with van der Waals surface area (Å²) < 4.78 is 2.98. The van der Waals surface area contributed by atoms with Crippen LogP contribution in [0.5, 0.6) is 0 Å². The number of nitrogens with one attached hydrogen (secondary N) is 2. The van der Waals surface area contributed by atoms with Gasteiger partial charge in [0, 0.05) is 26.1 Å². The van der Waals surface area contributed by atoms with Gasteiger partial charge >= 0.3 is 11.7 Å². The van der Waals surface area contributed by atoms with E-state index in [-0.39, 0.29) is 12.5 Å². The van der Waals surface area contributed by atoms with Crippen LogP contribution in [-0.4, -0.2) is 36.7 Å². The minimum Gasteiger partial charge on any atom is -0.481 e. The molecule has 2 aromatic heterocycles. The van der Waals surface area contributed by atoms with Crippen molar-refractivity contribution in [3.05, 3.63) is 20.8 Å². The molecule has 0 aliphatic rings. The van der Waals surface area contributed by atoms with E-state index in [0.717, 1.165) is 0 Å². The molecule has 120 valence electrons. The van der Waals surface area contributed by atoms with Gasteiger partial charge in [-0.15, -0.1) is 0 Å². The molecule has 2 aromatic rings. The van der Waals surface area contributed by atoms with E-state index < -0.39 is 17.2 Å². The Morgan fingerprint density at radius 2 is 2.09 bits per heavy atom. The minimum atomic E-state index is -0.864. The molecular weight excluding hydrogens is 290 g/mol. The van der Waals surface area contributed by atoms with Crippen molar-refractivity contribution >= 4 is 23.1 Å². The first-order chi connectivity index (χ1) is 10.3. The van der Waals surface area contributed by atoms with Gasteiger partial charge in [-0.2, -0.15) is 4.98 Å². The van der Waals surface area contributed by atoms with Crippen molar-refractivity contribution < 1.29 is 9.90 Å². The summed E-state index contributed by atoms with van der Waals surface area (Å²) in [6.07, 6.45) is 0.486. The van der Waals surface area contributed by atoms with Crippen molar-refractivity contribution in [3.8, 4) is 0 Å². The molecule has 0 fully saturated rings. The van der Waals surface area contributed by atoms with E-state index in [1.54, 1.807) is 11.6 Å². The molecule has 0 unspecified atom stereocenters. The summed E-state index contributed by atoms with van der Waals surface area (Å²) in [5.41, 5.74) is -0.380. The second-order valence-corrected chi connectivity index (χ2v) is 5.31. The quantitative estimate of drug-likeness (QED) is 0.659. The second kappa shape index (κ2) is 6.04. The van der Waals surface area contributed by atoms with Crippen LogP contribution in [0.2, 0.25) is 0 Å². The highest BCUT2D eigenvalue weighted by molar-refractivity contribution is 5.74. The number of carboxylic acid groups (broad SMARTS) is 1. The molecule has 22 heavy (non-hydrogen) atoms. The molecule has 0 spiro atoms. The van der Waals surface area contributed by atoms with E-state index in [1.807, 2.05) is 13.8 Å². The third kappa shape index (κ3) is 2.87. The Bertz CT molecular complexity index is 814. The van der Waals surface area contributed by atoms with Gasteiger partial charge in [0.2, 0.25) is 5.95 Å². The summed E-state index contributed by atoms with van der Waals surface area (Å²) in [6, 6.07) is -0.151. The standard InChI is InChI=1S/C13H19N5O4/c1-7(2)18-10-9(11(21)16-13(18)22)17(3)12(15-10)14-6-4-5-8(19)20/h7H,4-6H2,1-3H3,(H,14,15)(H,19,20)(H,16,21,22). The van der Waals surface area contributed by atoms with Gasteiger partial charge in [0.05, 0.1) is 0 Å². The average Bonchev–Trinajstić information content (AvgIpc) is 2.71. The largest absolute Gasteiger partial charge is 0.481 e. The summed E-state index contributed by atoms with van der Waals surface area (Å²) in [4.78, 5) is 41.0. The summed E-state index contributed by atoms with van der Waals surface area (Å²) in [5, 5.41) is 11.6. The third-order valence-corrected chi connectivity index (χ3v) is 3.33. The molecule has 0 amide bonds. The van der Waals surface area contributed by atoms with Crippen molar-refractivity contribution in [2.45, 2.75) is 32.7 Å². The number of aryl methyl sites for hydroxylation is 1. The van der Waals surface area contributed by atoms with Crippen LogP contribution in [0.1, 0.15) is 32.7 Å². The number of anilines is 1. The molecule has 0 atom stereocenters. The fraction of sp³-hybridized carbons (Fsp3) is 0.538. The summed E-state index contributed by atoms with van der Waals surface area (Å²) >= 11 is 0. The van der Waals surface area contributed by atoms with Gasteiger partial charge in [0.15, 0.2) is 11.2 Å². The highest BCUT2D eigenvalue weighted by Gasteiger charge is 2.17. The summed E-state index contributed by atoms with van der Waals surface area (Å²) in [7, 11) is 1.67. The third-order valence-electron chi connectivity index (χ3n) is 3.33. The van der Waals surface area contributed by atoms with E-state index in [1.165, 1.54) is 4.57 Å². The van der Waals surface area contributed by atoms with Gasteiger partial charge in [-0.05, 0) is 20.3 Å². The number of carbonyl (C=O) groups is 1. The fourth-order valence-electron chi connectivity index (χ4n) is 2.30. The minimum absolute atomic E-state index is 0.0498. The van der Waals surface area contributed by atoms with Crippen molar-refractivity contribution in [2.24, 2.45) is 7.05 Å². The number of hydrogen-bond donors (Lipinski definition) is 3. The number of aromatic nitrogens is 4. The van der Waals surface area contributed by atoms with Crippen LogP contribution in [0.3, 0.4) is 0 Å². The number of carboxylic acids is 1. The summed E-state index contributed by atoms with van der Waals surface area (Å²) in [5.74, 6) is -0.442. The maximum atomic E-state index is 12.0. The van der Waals surface area contributed by atoms with Crippen molar-refractivity contribution in [3.63, 3.8) is 0 Å². The predicted molar refractivity (Wildman–Crippen MR) is 81.3 cm³/mol. The number of aromatic amines is 1. The molecule has 0 saturated carbocycles. The zero-order chi connectivity index (χ0) is 16.4. The molecule has 0 bridgehead atoms. The Morgan fingerprint density at radius 3 is 2.68 bits per heavy atom. The number of rotatable bonds is 6. The molecular formula is C13H19N5O4. The first kappa shape index (κ1) is 15.8. The zero-order valence-electron chi connectivity index (χ0n) is 12.7. The number of imidazole rings is 1.